The van der Waals surface area contributed by atoms with E-state index in [1.165, 1.54) is 44.6 Å². The Kier molecular flexibility index (Phi) is 4.51. The van der Waals surface area contributed by atoms with Gasteiger partial charge >= 0.3 is 0 Å². The van der Waals surface area contributed by atoms with E-state index in [1.54, 1.807) is 11.5 Å². The van der Waals surface area contributed by atoms with Crippen LogP contribution in [0.15, 0.2) is 12.1 Å². The third-order valence-electron chi connectivity index (χ3n) is 8.16. The van der Waals surface area contributed by atoms with Crippen LogP contribution in [0.25, 0.3) is 0 Å². The molecular weight excluding hydrogens is 355 g/mol. The smallest absolute Gasteiger partial charge is 0.274 e. The molecule has 0 spiro atoms. The first-order valence-corrected chi connectivity index (χ1v) is 11.0. The number of halogens is 1. The van der Waals surface area contributed by atoms with Crippen LogP contribution in [0.5, 0.6) is 0 Å². The van der Waals surface area contributed by atoms with Crippen molar-refractivity contribution in [3.8, 4) is 0 Å². The molecule has 152 valence electrons. The third-order valence-corrected chi connectivity index (χ3v) is 8.16. The molecule has 28 heavy (non-hydrogen) atoms. The van der Waals surface area contributed by atoms with Crippen LogP contribution in [-0.4, -0.2) is 28.6 Å². The summed E-state index contributed by atoms with van der Waals surface area (Å²) < 4.78 is 14.7. The molecule has 4 nitrogen and oxygen atoms in total. The quantitative estimate of drug-likeness (QED) is 0.599. The van der Waals surface area contributed by atoms with E-state index in [4.69, 9.17) is 5.21 Å². The lowest BCUT2D eigenvalue weighted by atomic mass is 9.49. The molecule has 1 atom stereocenters. The van der Waals surface area contributed by atoms with Gasteiger partial charge in [0.1, 0.15) is 5.82 Å². The van der Waals surface area contributed by atoms with Crippen molar-refractivity contribution in [2.75, 3.05) is 6.54 Å². The van der Waals surface area contributed by atoms with Gasteiger partial charge in [-0.15, -0.1) is 0 Å². The maximum atomic E-state index is 14.7. The molecule has 5 aliphatic rings. The second-order valence-electron chi connectivity index (χ2n) is 10.1. The maximum Gasteiger partial charge on any atom is 0.274 e. The van der Waals surface area contributed by atoms with Crippen LogP contribution >= 0.6 is 0 Å². The lowest BCUT2D eigenvalue weighted by Gasteiger charge is -2.58. The van der Waals surface area contributed by atoms with Crippen molar-refractivity contribution >= 4 is 5.91 Å². The molecule has 6 rings (SSSR count). The van der Waals surface area contributed by atoms with E-state index in [2.05, 4.69) is 11.8 Å². The van der Waals surface area contributed by atoms with E-state index in [0.29, 0.717) is 24.4 Å². The minimum absolute atomic E-state index is 0.198. The van der Waals surface area contributed by atoms with Gasteiger partial charge in [0.25, 0.3) is 5.91 Å². The van der Waals surface area contributed by atoms with Crippen molar-refractivity contribution in [2.24, 2.45) is 23.2 Å². The molecule has 1 amide bonds. The average Bonchev–Trinajstić information content (AvgIpc) is 2.65. The Bertz CT molecular complexity index is 758. The molecule has 4 bridgehead atoms. The molecule has 2 N–H and O–H groups in total. The minimum Gasteiger partial charge on any atom is -0.295 e. The number of amides is 1. The van der Waals surface area contributed by atoms with Crippen LogP contribution < -0.4 is 5.48 Å². The number of benzene rings is 1. The highest BCUT2D eigenvalue weighted by Gasteiger charge is 2.51. The number of hydrogen-bond acceptors (Lipinski definition) is 3. The highest BCUT2D eigenvalue weighted by Crippen LogP contribution is 2.60. The summed E-state index contributed by atoms with van der Waals surface area (Å²) in [6.07, 6.45) is 10.2. The number of carbonyl (C=O) groups is 1. The fourth-order valence-electron chi connectivity index (χ4n) is 7.47. The average molecular weight is 387 g/mol. The molecule has 1 aromatic carbocycles. The van der Waals surface area contributed by atoms with Crippen LogP contribution in [0.4, 0.5) is 4.39 Å². The monoisotopic (exact) mass is 386 g/mol. The molecule has 4 fully saturated rings. The summed E-state index contributed by atoms with van der Waals surface area (Å²) in [7, 11) is 0. The Morgan fingerprint density at radius 2 is 1.86 bits per heavy atom. The second kappa shape index (κ2) is 6.81. The van der Waals surface area contributed by atoms with Crippen LogP contribution in [0.3, 0.4) is 0 Å². The first kappa shape index (κ1) is 18.6. The fourth-order valence-corrected chi connectivity index (χ4v) is 7.47. The largest absolute Gasteiger partial charge is 0.295 e. The number of nitrogens with zero attached hydrogens (tertiary/aromatic N) is 1. The summed E-state index contributed by atoms with van der Waals surface area (Å²) in [5, 5.41) is 8.93. The van der Waals surface area contributed by atoms with Gasteiger partial charge in [0.2, 0.25) is 0 Å². The molecule has 4 saturated carbocycles. The van der Waals surface area contributed by atoms with E-state index in [0.717, 1.165) is 41.8 Å². The van der Waals surface area contributed by atoms with E-state index < -0.39 is 5.91 Å². The third kappa shape index (κ3) is 3.07. The Morgan fingerprint density at radius 1 is 1.21 bits per heavy atom. The number of rotatable bonds is 4. The van der Waals surface area contributed by atoms with Gasteiger partial charge in [-0.25, -0.2) is 9.87 Å². The molecule has 0 unspecified atom stereocenters. The second-order valence-corrected chi connectivity index (χ2v) is 10.1. The van der Waals surface area contributed by atoms with Crippen LogP contribution in [0.2, 0.25) is 0 Å². The van der Waals surface area contributed by atoms with E-state index in [9.17, 15) is 9.18 Å². The number of fused-ring (bicyclic) bond motifs is 1. The van der Waals surface area contributed by atoms with Crippen LogP contribution in [0.1, 0.15) is 73.4 Å². The fraction of sp³-hybridized carbons (Fsp3) is 0.696. The minimum atomic E-state index is -0.646. The number of nitrogens with one attached hydrogen (secondary N) is 1. The molecule has 1 aliphatic heterocycles. The maximum absolute atomic E-state index is 14.7. The summed E-state index contributed by atoms with van der Waals surface area (Å²) in [6.45, 7) is 4.03. The molecular formula is C23H31FN2O2. The Morgan fingerprint density at radius 3 is 2.43 bits per heavy atom. The van der Waals surface area contributed by atoms with E-state index in [1.807, 2.05) is 0 Å². The van der Waals surface area contributed by atoms with E-state index in [-0.39, 0.29) is 11.4 Å². The van der Waals surface area contributed by atoms with Crippen molar-refractivity contribution in [1.82, 2.24) is 10.4 Å². The zero-order chi connectivity index (χ0) is 19.5. The van der Waals surface area contributed by atoms with Crippen molar-refractivity contribution < 1.29 is 14.4 Å². The van der Waals surface area contributed by atoms with Crippen LogP contribution in [0, 0.1) is 29.0 Å². The summed E-state index contributed by atoms with van der Waals surface area (Å²) >= 11 is 0. The number of hydrogen-bond donors (Lipinski definition) is 2. The number of hydroxylamine groups is 1. The summed E-state index contributed by atoms with van der Waals surface area (Å²) in [6, 6.07) is 3.39. The highest BCUT2D eigenvalue weighted by molar-refractivity contribution is 5.93. The zero-order valence-corrected chi connectivity index (χ0v) is 16.7. The highest BCUT2D eigenvalue weighted by atomic mass is 19.1. The molecule has 0 radical (unpaired) electrons. The first-order valence-electron chi connectivity index (χ1n) is 11.0. The van der Waals surface area contributed by atoms with Gasteiger partial charge in [0.05, 0.1) is 0 Å². The lowest BCUT2D eigenvalue weighted by molar-refractivity contribution is -0.0773. The molecule has 0 aromatic heterocycles. The Hall–Kier alpha value is -1.46. The Balaban J connectivity index is 1.42. The predicted octanol–water partition coefficient (Wildman–Crippen LogP) is 4.30. The molecule has 4 aliphatic carbocycles. The molecule has 1 heterocycles. The normalized spacial score (nSPS) is 36.4. The summed E-state index contributed by atoms with van der Waals surface area (Å²) in [5.41, 5.74) is 3.95. The first-order chi connectivity index (χ1) is 13.5. The SMILES string of the molecule is CC[C@@H]1Cc2c(F)cc(C(=O)NO)cc2CN1CC12CC3CC(CC(C3)C1)C2. The van der Waals surface area contributed by atoms with Crippen molar-refractivity contribution in [2.45, 2.75) is 70.9 Å². The van der Waals surface area contributed by atoms with Gasteiger partial charge in [0.15, 0.2) is 0 Å². The lowest BCUT2D eigenvalue weighted by Crippen LogP contribution is -2.53. The van der Waals surface area contributed by atoms with Gasteiger partial charge in [-0.2, -0.15) is 0 Å². The Labute approximate surface area is 166 Å². The van der Waals surface area contributed by atoms with Crippen molar-refractivity contribution in [3.63, 3.8) is 0 Å². The number of carbonyl (C=O) groups excluding carboxylic acids is 1. The summed E-state index contributed by atoms with van der Waals surface area (Å²) in [5.74, 6) is 1.83. The predicted molar refractivity (Wildman–Crippen MR) is 104 cm³/mol. The summed E-state index contributed by atoms with van der Waals surface area (Å²) in [4.78, 5) is 14.4. The van der Waals surface area contributed by atoms with Crippen molar-refractivity contribution in [1.29, 1.82) is 0 Å². The van der Waals surface area contributed by atoms with Gasteiger partial charge in [0, 0.05) is 24.7 Å². The van der Waals surface area contributed by atoms with Crippen molar-refractivity contribution in [3.05, 3.63) is 34.6 Å². The van der Waals surface area contributed by atoms with Gasteiger partial charge in [-0.1, -0.05) is 6.92 Å². The molecule has 0 saturated heterocycles. The topological polar surface area (TPSA) is 52.6 Å². The van der Waals surface area contributed by atoms with Gasteiger partial charge in [-0.05, 0) is 97.8 Å². The van der Waals surface area contributed by atoms with Gasteiger partial charge < -0.3 is 0 Å². The van der Waals surface area contributed by atoms with Gasteiger partial charge in [-0.3, -0.25) is 14.9 Å². The molecule has 5 heteroatoms. The standard InChI is InChI=1S/C23H31FN2O2/c1-2-19-8-20-18(6-17(7-21(20)24)22(27)25-28)12-26(19)13-23-9-14-3-15(10-23)5-16(4-14)11-23/h6-7,14-16,19,28H,2-5,8-13H2,1H3,(H,25,27)/t14?,15?,16?,19-,23?/m1/s1. The van der Waals surface area contributed by atoms with E-state index >= 15 is 0 Å². The molecule has 1 aromatic rings. The zero-order valence-electron chi connectivity index (χ0n) is 16.7. The van der Waals surface area contributed by atoms with Crippen LogP contribution in [-0.2, 0) is 13.0 Å².